The van der Waals surface area contributed by atoms with Crippen LogP contribution in [-0.4, -0.2) is 34.1 Å². The Hall–Kier alpha value is -2.17. The normalized spacial score (nSPS) is 16.2. The van der Waals surface area contributed by atoms with E-state index in [0.717, 1.165) is 18.4 Å². The van der Waals surface area contributed by atoms with E-state index in [2.05, 4.69) is 10.2 Å². The van der Waals surface area contributed by atoms with Crippen LogP contribution in [0.15, 0.2) is 30.6 Å². The van der Waals surface area contributed by atoms with Crippen LogP contribution < -0.4 is 0 Å². The first-order valence-electron chi connectivity index (χ1n) is 7.19. The van der Waals surface area contributed by atoms with Gasteiger partial charge in [-0.2, -0.15) is 5.10 Å². The largest absolute Gasteiger partial charge is 0.339 e. The van der Waals surface area contributed by atoms with E-state index in [9.17, 15) is 9.18 Å². The van der Waals surface area contributed by atoms with Crippen LogP contribution in [0.1, 0.15) is 40.2 Å². The average molecular weight is 287 g/mol. The Kier molecular flexibility index (Phi) is 3.73. The van der Waals surface area contributed by atoms with Crippen molar-refractivity contribution in [3.63, 3.8) is 0 Å². The fourth-order valence-corrected chi connectivity index (χ4v) is 2.87. The van der Waals surface area contributed by atoms with E-state index >= 15 is 0 Å². The average Bonchev–Trinajstić information content (AvgIpc) is 3.03. The van der Waals surface area contributed by atoms with E-state index in [0.29, 0.717) is 19.0 Å². The molecule has 1 aromatic heterocycles. The minimum absolute atomic E-state index is 0.178. The number of carbonyl (C=O) groups excluding carboxylic acids is 1. The Labute approximate surface area is 123 Å². The maximum atomic E-state index is 13.8. The number of aromatic amines is 1. The third-order valence-corrected chi connectivity index (χ3v) is 4.13. The van der Waals surface area contributed by atoms with Gasteiger partial charge >= 0.3 is 0 Å². The summed E-state index contributed by atoms with van der Waals surface area (Å²) < 4.78 is 13.8. The Balaban J connectivity index is 1.69. The Bertz CT molecular complexity index is 631. The summed E-state index contributed by atoms with van der Waals surface area (Å²) in [5.74, 6) is -0.223. The van der Waals surface area contributed by atoms with Gasteiger partial charge in [0.05, 0.1) is 11.8 Å². The predicted octanol–water partition coefficient (Wildman–Crippen LogP) is 2.88. The van der Waals surface area contributed by atoms with Gasteiger partial charge in [-0.3, -0.25) is 9.89 Å². The summed E-state index contributed by atoms with van der Waals surface area (Å²) in [4.78, 5) is 14.2. The van der Waals surface area contributed by atoms with E-state index in [4.69, 9.17) is 0 Å². The number of carbonyl (C=O) groups is 1. The number of H-pyrrole nitrogens is 1. The van der Waals surface area contributed by atoms with Crippen LogP contribution in [-0.2, 0) is 0 Å². The number of hydrogen-bond acceptors (Lipinski definition) is 2. The molecule has 0 aliphatic carbocycles. The molecule has 1 aliphatic rings. The highest BCUT2D eigenvalue weighted by Gasteiger charge is 2.26. The summed E-state index contributed by atoms with van der Waals surface area (Å²) in [6, 6.07) is 4.66. The second-order valence-corrected chi connectivity index (χ2v) is 5.58. The van der Waals surface area contributed by atoms with Crippen LogP contribution in [0.2, 0.25) is 0 Å². The summed E-state index contributed by atoms with van der Waals surface area (Å²) in [6.45, 7) is 3.17. The zero-order chi connectivity index (χ0) is 14.8. The quantitative estimate of drug-likeness (QED) is 0.923. The molecule has 4 nitrogen and oxygen atoms in total. The first-order valence-corrected chi connectivity index (χ1v) is 7.19. The molecule has 2 aromatic rings. The van der Waals surface area contributed by atoms with Crippen molar-refractivity contribution < 1.29 is 9.18 Å². The number of piperidine rings is 1. The molecule has 3 rings (SSSR count). The summed E-state index contributed by atoms with van der Waals surface area (Å²) in [5, 5.41) is 6.79. The summed E-state index contributed by atoms with van der Waals surface area (Å²) in [7, 11) is 0. The lowest BCUT2D eigenvalue weighted by atomic mass is 9.91. The number of amides is 1. The van der Waals surface area contributed by atoms with Gasteiger partial charge in [-0.15, -0.1) is 0 Å². The van der Waals surface area contributed by atoms with Crippen molar-refractivity contribution in [1.82, 2.24) is 15.1 Å². The molecule has 110 valence electrons. The topological polar surface area (TPSA) is 49.0 Å². The number of aromatic nitrogens is 2. The molecule has 1 aliphatic heterocycles. The summed E-state index contributed by atoms with van der Waals surface area (Å²) in [5.41, 5.74) is 2.26. The minimum atomic E-state index is -0.442. The smallest absolute Gasteiger partial charge is 0.256 e. The van der Waals surface area contributed by atoms with Gasteiger partial charge in [0, 0.05) is 19.3 Å². The molecule has 0 unspecified atom stereocenters. The van der Waals surface area contributed by atoms with Crippen LogP contribution in [0.5, 0.6) is 0 Å². The van der Waals surface area contributed by atoms with Gasteiger partial charge in [-0.25, -0.2) is 4.39 Å². The first-order chi connectivity index (χ1) is 10.1. The number of nitrogens with one attached hydrogen (secondary N) is 1. The standard InChI is InChI=1S/C16H18FN3O/c1-11-2-3-15(17)14(8-11)16(21)20-6-4-12(5-7-20)13-9-18-19-10-13/h2-3,8-10,12H,4-7H2,1H3,(H,18,19). The summed E-state index contributed by atoms with van der Waals surface area (Å²) in [6.07, 6.45) is 5.52. The lowest BCUT2D eigenvalue weighted by molar-refractivity contribution is 0.0708. The molecule has 21 heavy (non-hydrogen) atoms. The Morgan fingerprint density at radius 1 is 1.38 bits per heavy atom. The van der Waals surface area contributed by atoms with Gasteiger partial charge in [0.1, 0.15) is 5.82 Å². The van der Waals surface area contributed by atoms with Crippen molar-refractivity contribution in [3.8, 4) is 0 Å². The molecule has 0 bridgehead atoms. The zero-order valence-electron chi connectivity index (χ0n) is 12.0. The molecular formula is C16H18FN3O. The van der Waals surface area contributed by atoms with E-state index in [1.165, 1.54) is 11.6 Å². The molecule has 1 aromatic carbocycles. The molecular weight excluding hydrogens is 269 g/mol. The van der Waals surface area contributed by atoms with Gasteiger partial charge in [0.25, 0.3) is 5.91 Å². The molecule has 1 fully saturated rings. The minimum Gasteiger partial charge on any atom is -0.339 e. The highest BCUT2D eigenvalue weighted by Crippen LogP contribution is 2.28. The van der Waals surface area contributed by atoms with Gasteiger partial charge < -0.3 is 4.90 Å². The van der Waals surface area contributed by atoms with Crippen LogP contribution >= 0.6 is 0 Å². The van der Waals surface area contributed by atoms with E-state index < -0.39 is 5.82 Å². The van der Waals surface area contributed by atoms with E-state index in [-0.39, 0.29) is 11.5 Å². The monoisotopic (exact) mass is 287 g/mol. The highest BCUT2D eigenvalue weighted by molar-refractivity contribution is 5.94. The van der Waals surface area contributed by atoms with Gasteiger partial charge in [0.2, 0.25) is 0 Å². The van der Waals surface area contributed by atoms with Gasteiger partial charge in [-0.05, 0) is 43.4 Å². The van der Waals surface area contributed by atoms with Crippen molar-refractivity contribution in [2.45, 2.75) is 25.7 Å². The molecule has 5 heteroatoms. The molecule has 0 radical (unpaired) electrons. The zero-order valence-corrected chi connectivity index (χ0v) is 12.0. The van der Waals surface area contributed by atoms with Crippen molar-refractivity contribution in [2.24, 2.45) is 0 Å². The molecule has 0 spiro atoms. The molecule has 2 heterocycles. The molecule has 1 amide bonds. The first kappa shape index (κ1) is 13.8. The number of nitrogens with zero attached hydrogens (tertiary/aromatic N) is 2. The van der Waals surface area contributed by atoms with Crippen molar-refractivity contribution in [1.29, 1.82) is 0 Å². The van der Waals surface area contributed by atoms with Gasteiger partial charge in [-0.1, -0.05) is 11.6 Å². The van der Waals surface area contributed by atoms with Crippen molar-refractivity contribution >= 4 is 5.91 Å². The second-order valence-electron chi connectivity index (χ2n) is 5.58. The number of likely N-dealkylation sites (tertiary alicyclic amines) is 1. The van der Waals surface area contributed by atoms with Crippen molar-refractivity contribution in [2.75, 3.05) is 13.1 Å². The van der Waals surface area contributed by atoms with Crippen LogP contribution in [0, 0.1) is 12.7 Å². The molecule has 1 N–H and O–H groups in total. The maximum absolute atomic E-state index is 13.8. The Morgan fingerprint density at radius 2 is 2.14 bits per heavy atom. The van der Waals surface area contributed by atoms with Crippen molar-refractivity contribution in [3.05, 3.63) is 53.1 Å². The SMILES string of the molecule is Cc1ccc(F)c(C(=O)N2CCC(c3cn[nH]c3)CC2)c1. The van der Waals surface area contributed by atoms with Gasteiger partial charge in [0.15, 0.2) is 0 Å². The molecule has 0 atom stereocenters. The number of rotatable bonds is 2. The predicted molar refractivity (Wildman–Crippen MR) is 77.6 cm³/mol. The number of benzene rings is 1. The lowest BCUT2D eigenvalue weighted by Crippen LogP contribution is -2.38. The number of aryl methyl sites for hydroxylation is 1. The fraction of sp³-hybridized carbons (Fsp3) is 0.375. The van der Waals surface area contributed by atoms with E-state index in [1.54, 1.807) is 17.0 Å². The Morgan fingerprint density at radius 3 is 2.81 bits per heavy atom. The highest BCUT2D eigenvalue weighted by atomic mass is 19.1. The third-order valence-electron chi connectivity index (χ3n) is 4.13. The van der Waals surface area contributed by atoms with E-state index in [1.807, 2.05) is 19.3 Å². The van der Waals surface area contributed by atoms with Crippen LogP contribution in [0.25, 0.3) is 0 Å². The summed E-state index contributed by atoms with van der Waals surface area (Å²) >= 11 is 0. The third kappa shape index (κ3) is 2.82. The number of halogens is 1. The van der Waals surface area contributed by atoms with Crippen LogP contribution in [0.4, 0.5) is 4.39 Å². The second kappa shape index (κ2) is 5.68. The lowest BCUT2D eigenvalue weighted by Gasteiger charge is -2.31. The maximum Gasteiger partial charge on any atom is 0.256 e. The molecule has 0 saturated carbocycles. The number of hydrogen-bond donors (Lipinski definition) is 1. The van der Waals surface area contributed by atoms with Crippen LogP contribution in [0.3, 0.4) is 0 Å². The fourth-order valence-electron chi connectivity index (χ4n) is 2.87. The molecule has 1 saturated heterocycles.